The van der Waals surface area contributed by atoms with Crippen molar-refractivity contribution in [1.82, 2.24) is 5.32 Å². The van der Waals surface area contributed by atoms with Crippen molar-refractivity contribution in [1.29, 1.82) is 0 Å². The molecule has 0 unspecified atom stereocenters. The molecule has 0 aromatic heterocycles. The standard InChI is InChI=1S/C18H22N2O5S/c1-24-13-5-12-19-18(21)16-6-3-4-7-17(16)20-26(22,23)15-10-8-14(25-2)9-11-15/h3-4,6-11,20H,5,12-13H2,1-2H3,(H,19,21). The molecule has 0 aliphatic heterocycles. The van der Waals surface area contributed by atoms with Crippen LogP contribution in [0.1, 0.15) is 16.8 Å². The first kappa shape index (κ1) is 19.7. The number of carbonyl (C=O) groups excluding carboxylic acids is 1. The average Bonchev–Trinajstić information content (AvgIpc) is 2.65. The fourth-order valence-corrected chi connectivity index (χ4v) is 3.32. The molecular weight excluding hydrogens is 356 g/mol. The van der Waals surface area contributed by atoms with Crippen LogP contribution in [0.25, 0.3) is 0 Å². The van der Waals surface area contributed by atoms with Gasteiger partial charge in [-0.05, 0) is 42.8 Å². The Morgan fingerprint density at radius 1 is 1.04 bits per heavy atom. The summed E-state index contributed by atoms with van der Waals surface area (Å²) in [4.78, 5) is 12.4. The molecule has 8 heteroatoms. The van der Waals surface area contributed by atoms with Crippen LogP contribution in [0, 0.1) is 0 Å². The molecule has 2 aromatic rings. The van der Waals surface area contributed by atoms with Crippen molar-refractivity contribution in [2.75, 3.05) is 32.1 Å². The number of amides is 1. The van der Waals surface area contributed by atoms with Crippen molar-refractivity contribution in [2.45, 2.75) is 11.3 Å². The molecule has 0 radical (unpaired) electrons. The summed E-state index contributed by atoms with van der Waals surface area (Å²) >= 11 is 0. The smallest absolute Gasteiger partial charge is 0.261 e. The SMILES string of the molecule is COCCCNC(=O)c1ccccc1NS(=O)(=O)c1ccc(OC)cc1. The third kappa shape index (κ3) is 5.21. The Kier molecular flexibility index (Phi) is 6.99. The lowest BCUT2D eigenvalue weighted by atomic mass is 10.1. The maximum absolute atomic E-state index is 12.6. The summed E-state index contributed by atoms with van der Waals surface area (Å²) in [5, 5.41) is 2.74. The van der Waals surface area contributed by atoms with Gasteiger partial charge in [-0.15, -0.1) is 0 Å². The number of hydrogen-bond donors (Lipinski definition) is 2. The Bertz CT molecular complexity index is 835. The molecule has 2 N–H and O–H groups in total. The highest BCUT2D eigenvalue weighted by molar-refractivity contribution is 7.92. The molecule has 0 saturated carbocycles. The number of anilines is 1. The molecule has 7 nitrogen and oxygen atoms in total. The second-order valence-electron chi connectivity index (χ2n) is 5.43. The molecule has 140 valence electrons. The first-order valence-corrected chi connectivity index (χ1v) is 9.49. The fraction of sp³-hybridized carbons (Fsp3) is 0.278. The second-order valence-corrected chi connectivity index (χ2v) is 7.11. The minimum atomic E-state index is -3.83. The van der Waals surface area contributed by atoms with E-state index in [0.29, 0.717) is 25.3 Å². The monoisotopic (exact) mass is 378 g/mol. The van der Waals surface area contributed by atoms with Gasteiger partial charge in [-0.2, -0.15) is 0 Å². The molecule has 0 aliphatic rings. The third-order valence-corrected chi connectivity index (χ3v) is 4.98. The number of carbonyl (C=O) groups is 1. The van der Waals surface area contributed by atoms with E-state index in [1.54, 1.807) is 43.5 Å². The first-order chi connectivity index (χ1) is 12.5. The summed E-state index contributed by atoms with van der Waals surface area (Å²) in [5.74, 6) is 0.203. The van der Waals surface area contributed by atoms with E-state index in [1.165, 1.54) is 19.2 Å². The van der Waals surface area contributed by atoms with Crippen molar-refractivity contribution in [3.05, 3.63) is 54.1 Å². The van der Waals surface area contributed by atoms with E-state index in [1.807, 2.05) is 0 Å². The van der Waals surface area contributed by atoms with Crippen molar-refractivity contribution < 1.29 is 22.7 Å². The molecule has 0 aliphatic carbocycles. The Morgan fingerprint density at radius 2 is 1.73 bits per heavy atom. The van der Waals surface area contributed by atoms with Crippen LogP contribution in [-0.2, 0) is 14.8 Å². The Labute approximate surface area is 153 Å². The Morgan fingerprint density at radius 3 is 2.38 bits per heavy atom. The van der Waals surface area contributed by atoms with Gasteiger partial charge in [-0.25, -0.2) is 8.42 Å². The zero-order chi connectivity index (χ0) is 19.0. The highest BCUT2D eigenvalue weighted by Gasteiger charge is 2.18. The van der Waals surface area contributed by atoms with Crippen LogP contribution in [0.15, 0.2) is 53.4 Å². The fourth-order valence-electron chi connectivity index (χ4n) is 2.24. The normalized spacial score (nSPS) is 11.0. The summed E-state index contributed by atoms with van der Waals surface area (Å²) in [7, 11) is -0.737. The molecule has 1 amide bonds. The molecular formula is C18H22N2O5S. The first-order valence-electron chi connectivity index (χ1n) is 8.01. The van der Waals surface area contributed by atoms with Gasteiger partial charge in [0.1, 0.15) is 5.75 Å². The Hall–Kier alpha value is -2.58. The van der Waals surface area contributed by atoms with Gasteiger partial charge in [0.15, 0.2) is 0 Å². The summed E-state index contributed by atoms with van der Waals surface area (Å²) in [6.45, 7) is 0.970. The summed E-state index contributed by atoms with van der Waals surface area (Å²) in [5.41, 5.74) is 0.467. The predicted molar refractivity (Wildman–Crippen MR) is 99.1 cm³/mol. The van der Waals surface area contributed by atoms with Gasteiger partial charge < -0.3 is 14.8 Å². The lowest BCUT2D eigenvalue weighted by Gasteiger charge is -2.13. The summed E-state index contributed by atoms with van der Waals surface area (Å²) in [6, 6.07) is 12.4. The largest absolute Gasteiger partial charge is 0.497 e. The summed E-state index contributed by atoms with van der Waals surface area (Å²) < 4.78 is 37.6. The molecule has 0 atom stereocenters. The van der Waals surface area contributed by atoms with Crippen molar-refractivity contribution in [3.8, 4) is 5.75 Å². The van der Waals surface area contributed by atoms with Crippen LogP contribution in [-0.4, -0.2) is 41.7 Å². The molecule has 26 heavy (non-hydrogen) atoms. The average molecular weight is 378 g/mol. The van der Waals surface area contributed by atoms with Crippen molar-refractivity contribution >= 4 is 21.6 Å². The zero-order valence-electron chi connectivity index (χ0n) is 14.7. The third-order valence-electron chi connectivity index (χ3n) is 3.60. The lowest BCUT2D eigenvalue weighted by Crippen LogP contribution is -2.26. The highest BCUT2D eigenvalue weighted by Crippen LogP contribution is 2.21. The quantitative estimate of drug-likeness (QED) is 0.653. The number of hydrogen-bond acceptors (Lipinski definition) is 5. The van der Waals surface area contributed by atoms with E-state index < -0.39 is 10.0 Å². The topological polar surface area (TPSA) is 93.7 Å². The number of nitrogens with one attached hydrogen (secondary N) is 2. The van der Waals surface area contributed by atoms with Gasteiger partial charge >= 0.3 is 0 Å². The van der Waals surface area contributed by atoms with Gasteiger partial charge in [-0.3, -0.25) is 9.52 Å². The Balaban J connectivity index is 2.16. The number of para-hydroxylation sites is 1. The predicted octanol–water partition coefficient (Wildman–Crippen LogP) is 2.26. The van der Waals surface area contributed by atoms with E-state index in [4.69, 9.17) is 9.47 Å². The minimum Gasteiger partial charge on any atom is -0.497 e. The van der Waals surface area contributed by atoms with Crippen LogP contribution in [0.3, 0.4) is 0 Å². The van der Waals surface area contributed by atoms with Crippen LogP contribution in [0.4, 0.5) is 5.69 Å². The number of ether oxygens (including phenoxy) is 2. The number of methoxy groups -OCH3 is 2. The molecule has 0 spiro atoms. The van der Waals surface area contributed by atoms with Crippen LogP contribution >= 0.6 is 0 Å². The molecule has 2 aromatic carbocycles. The lowest BCUT2D eigenvalue weighted by molar-refractivity contribution is 0.0949. The van der Waals surface area contributed by atoms with Crippen molar-refractivity contribution in [3.63, 3.8) is 0 Å². The van der Waals surface area contributed by atoms with E-state index in [9.17, 15) is 13.2 Å². The highest BCUT2D eigenvalue weighted by atomic mass is 32.2. The summed E-state index contributed by atoms with van der Waals surface area (Å²) in [6.07, 6.45) is 0.669. The van der Waals surface area contributed by atoms with Crippen molar-refractivity contribution in [2.24, 2.45) is 0 Å². The van der Waals surface area contributed by atoms with Gasteiger partial charge in [-0.1, -0.05) is 12.1 Å². The molecule has 0 heterocycles. The maximum Gasteiger partial charge on any atom is 0.261 e. The van der Waals surface area contributed by atoms with E-state index in [0.717, 1.165) is 0 Å². The van der Waals surface area contributed by atoms with Crippen LogP contribution < -0.4 is 14.8 Å². The number of rotatable bonds is 9. The molecule has 0 fully saturated rings. The van der Waals surface area contributed by atoms with E-state index in [-0.39, 0.29) is 22.1 Å². The van der Waals surface area contributed by atoms with E-state index in [2.05, 4.69) is 10.0 Å². The second kappa shape index (κ2) is 9.21. The molecule has 0 bridgehead atoms. The number of sulfonamides is 1. The van der Waals surface area contributed by atoms with E-state index >= 15 is 0 Å². The minimum absolute atomic E-state index is 0.0774. The molecule has 0 saturated heterocycles. The maximum atomic E-state index is 12.6. The van der Waals surface area contributed by atoms with Crippen LogP contribution in [0.2, 0.25) is 0 Å². The van der Waals surface area contributed by atoms with Gasteiger partial charge in [0.25, 0.3) is 15.9 Å². The molecule has 2 rings (SSSR count). The van der Waals surface area contributed by atoms with Gasteiger partial charge in [0.2, 0.25) is 0 Å². The van der Waals surface area contributed by atoms with Crippen LogP contribution in [0.5, 0.6) is 5.75 Å². The van der Waals surface area contributed by atoms with Gasteiger partial charge in [0.05, 0.1) is 23.3 Å². The number of benzene rings is 2. The van der Waals surface area contributed by atoms with Gasteiger partial charge in [0, 0.05) is 20.3 Å². The zero-order valence-corrected chi connectivity index (χ0v) is 15.5.